The molecule has 0 bridgehead atoms. The minimum absolute atomic E-state index is 0.701. The summed E-state index contributed by atoms with van der Waals surface area (Å²) in [6.45, 7) is 0. The predicted molar refractivity (Wildman–Crippen MR) is 217 cm³/mol. The van der Waals surface area contributed by atoms with Gasteiger partial charge in [-0.2, -0.15) is 0 Å². The van der Waals surface area contributed by atoms with Crippen LogP contribution in [0.2, 0.25) is 0 Å². The van der Waals surface area contributed by atoms with E-state index in [9.17, 15) is 0 Å². The fourth-order valence-corrected chi connectivity index (χ4v) is 7.20. The number of hydrogen-bond donors (Lipinski definition) is 0. The molecule has 4 nitrogen and oxygen atoms in total. The summed E-state index contributed by atoms with van der Waals surface area (Å²) in [5, 5.41) is 3.13. The molecule has 0 amide bonds. The van der Waals surface area contributed by atoms with Crippen LogP contribution in [-0.2, 0) is 0 Å². The lowest BCUT2D eigenvalue weighted by Crippen LogP contribution is -1.95. The van der Waals surface area contributed by atoms with Crippen molar-refractivity contribution in [3.8, 4) is 67.4 Å². The number of hydrogen-bond acceptors (Lipinski definition) is 4. The molecular weight excluding hydrogens is 647 g/mol. The molecule has 7 aromatic carbocycles. The highest BCUT2D eigenvalue weighted by atomic mass is 16.3. The molecule has 0 saturated carbocycles. The third-order valence-electron chi connectivity index (χ3n) is 9.91. The van der Waals surface area contributed by atoms with Gasteiger partial charge in [0.15, 0.2) is 5.82 Å². The van der Waals surface area contributed by atoms with Gasteiger partial charge in [-0.15, -0.1) is 0 Å². The third-order valence-corrected chi connectivity index (χ3v) is 9.91. The van der Waals surface area contributed by atoms with Crippen molar-refractivity contribution in [2.45, 2.75) is 0 Å². The largest absolute Gasteiger partial charge is 0.455 e. The van der Waals surface area contributed by atoms with Crippen LogP contribution in [0.4, 0.5) is 0 Å². The summed E-state index contributed by atoms with van der Waals surface area (Å²) in [5.74, 6) is 0.701. The molecule has 4 heteroatoms. The van der Waals surface area contributed by atoms with Crippen LogP contribution in [0, 0.1) is 0 Å². The zero-order valence-corrected chi connectivity index (χ0v) is 28.6. The number of pyridine rings is 1. The molecule has 3 heterocycles. The molecule has 0 atom stereocenters. The van der Waals surface area contributed by atoms with Gasteiger partial charge in [-0.3, -0.25) is 0 Å². The maximum Gasteiger partial charge on any atom is 0.160 e. The van der Waals surface area contributed by atoms with Gasteiger partial charge in [0.05, 0.1) is 28.0 Å². The van der Waals surface area contributed by atoms with Crippen molar-refractivity contribution in [3.05, 3.63) is 188 Å². The van der Waals surface area contributed by atoms with Crippen molar-refractivity contribution in [2.24, 2.45) is 0 Å². The highest BCUT2D eigenvalue weighted by Gasteiger charge is 2.18. The first-order valence-electron chi connectivity index (χ1n) is 17.8. The number of furan rings is 1. The van der Waals surface area contributed by atoms with Crippen LogP contribution in [0.15, 0.2) is 192 Å². The lowest BCUT2D eigenvalue weighted by Gasteiger charge is -2.10. The Hall–Kier alpha value is -7.17. The van der Waals surface area contributed by atoms with Crippen molar-refractivity contribution >= 4 is 32.8 Å². The van der Waals surface area contributed by atoms with Crippen LogP contribution < -0.4 is 0 Å². The van der Waals surface area contributed by atoms with Crippen molar-refractivity contribution in [3.63, 3.8) is 0 Å². The Bertz CT molecular complexity index is 2840. The van der Waals surface area contributed by atoms with Gasteiger partial charge in [0.25, 0.3) is 0 Å². The van der Waals surface area contributed by atoms with Crippen LogP contribution in [-0.4, -0.2) is 15.0 Å². The Morgan fingerprint density at radius 2 is 0.830 bits per heavy atom. The first kappa shape index (κ1) is 30.6. The van der Waals surface area contributed by atoms with Gasteiger partial charge in [0.1, 0.15) is 11.2 Å². The molecule has 0 aliphatic rings. The molecule has 0 aliphatic carbocycles. The molecule has 0 spiro atoms. The fraction of sp³-hybridized carbons (Fsp3) is 0. The number of benzene rings is 7. The summed E-state index contributed by atoms with van der Waals surface area (Å²) < 4.78 is 6.48. The molecule has 10 rings (SSSR count). The molecule has 248 valence electrons. The minimum Gasteiger partial charge on any atom is -0.455 e. The van der Waals surface area contributed by atoms with Gasteiger partial charge < -0.3 is 4.42 Å². The Balaban J connectivity index is 0.982. The van der Waals surface area contributed by atoms with E-state index in [-0.39, 0.29) is 0 Å². The second kappa shape index (κ2) is 12.9. The first-order chi connectivity index (χ1) is 26.2. The van der Waals surface area contributed by atoms with E-state index in [0.717, 1.165) is 94.4 Å². The van der Waals surface area contributed by atoms with Crippen LogP contribution >= 0.6 is 0 Å². The molecule has 53 heavy (non-hydrogen) atoms. The second-order valence-electron chi connectivity index (χ2n) is 13.2. The lowest BCUT2D eigenvalue weighted by molar-refractivity contribution is 0.672. The minimum atomic E-state index is 0.701. The van der Waals surface area contributed by atoms with Crippen molar-refractivity contribution in [1.29, 1.82) is 0 Å². The average Bonchev–Trinajstić information content (AvgIpc) is 3.64. The fourth-order valence-electron chi connectivity index (χ4n) is 7.20. The topological polar surface area (TPSA) is 51.8 Å². The molecule has 0 aliphatic heterocycles. The van der Waals surface area contributed by atoms with Gasteiger partial charge >= 0.3 is 0 Å². The molecule has 0 saturated heterocycles. The Morgan fingerprint density at radius 1 is 0.340 bits per heavy atom. The lowest BCUT2D eigenvalue weighted by atomic mass is 9.97. The maximum atomic E-state index is 6.48. The second-order valence-corrected chi connectivity index (χ2v) is 13.2. The van der Waals surface area contributed by atoms with E-state index in [2.05, 4.69) is 133 Å². The smallest absolute Gasteiger partial charge is 0.160 e. The Labute approximate surface area is 306 Å². The molecule has 0 radical (unpaired) electrons. The van der Waals surface area contributed by atoms with E-state index in [1.165, 1.54) is 0 Å². The summed E-state index contributed by atoms with van der Waals surface area (Å²) in [5.41, 5.74) is 14.0. The average molecular weight is 678 g/mol. The van der Waals surface area contributed by atoms with Crippen LogP contribution in [0.25, 0.3) is 100 Å². The molecule has 3 aromatic heterocycles. The predicted octanol–water partition coefficient (Wildman–Crippen LogP) is 12.9. The van der Waals surface area contributed by atoms with E-state index in [1.807, 2.05) is 54.6 Å². The number of nitrogens with zero attached hydrogens (tertiary/aromatic N) is 3. The van der Waals surface area contributed by atoms with E-state index < -0.39 is 0 Å². The van der Waals surface area contributed by atoms with Crippen LogP contribution in [0.3, 0.4) is 0 Å². The summed E-state index contributed by atoms with van der Waals surface area (Å²) in [7, 11) is 0. The summed E-state index contributed by atoms with van der Waals surface area (Å²) in [6, 6.07) is 64.9. The summed E-state index contributed by atoms with van der Waals surface area (Å²) in [4.78, 5) is 15.2. The molecule has 0 fully saturated rings. The zero-order valence-electron chi connectivity index (χ0n) is 28.6. The Morgan fingerprint density at radius 3 is 1.43 bits per heavy atom. The molecule has 0 N–H and O–H groups in total. The van der Waals surface area contributed by atoms with Gasteiger partial charge in [-0.05, 0) is 46.5 Å². The number of aromatic nitrogens is 3. The third kappa shape index (κ3) is 5.63. The van der Waals surface area contributed by atoms with E-state index in [4.69, 9.17) is 19.4 Å². The van der Waals surface area contributed by atoms with Gasteiger partial charge in [0.2, 0.25) is 0 Å². The standard InChI is InChI=1S/C49H31N3O/c1-4-12-35(13-5-1)42-31-43(36-14-6-2-7-15-36)52-49(51-42)38-26-24-33(25-27-38)32-20-22-34(23-21-32)39-28-29-40-44(30-39)50-47(37-16-8-3-9-17-37)46-41-18-10-11-19-45(41)53-48(40)46/h1-31H. The summed E-state index contributed by atoms with van der Waals surface area (Å²) >= 11 is 0. The van der Waals surface area contributed by atoms with Gasteiger partial charge in [-0.1, -0.05) is 164 Å². The van der Waals surface area contributed by atoms with Gasteiger partial charge in [-0.25, -0.2) is 15.0 Å². The first-order valence-corrected chi connectivity index (χ1v) is 17.8. The highest BCUT2D eigenvalue weighted by molar-refractivity contribution is 6.19. The van der Waals surface area contributed by atoms with Crippen molar-refractivity contribution < 1.29 is 4.42 Å². The van der Waals surface area contributed by atoms with Crippen LogP contribution in [0.5, 0.6) is 0 Å². The highest BCUT2D eigenvalue weighted by Crippen LogP contribution is 2.40. The normalized spacial score (nSPS) is 11.4. The van der Waals surface area contributed by atoms with Gasteiger partial charge in [0, 0.05) is 33.0 Å². The number of rotatable bonds is 6. The molecular formula is C49H31N3O. The zero-order chi connectivity index (χ0) is 35.1. The Kier molecular flexibility index (Phi) is 7.43. The van der Waals surface area contributed by atoms with E-state index >= 15 is 0 Å². The number of para-hydroxylation sites is 1. The molecule has 10 aromatic rings. The SMILES string of the molecule is c1ccc(-c2cc(-c3ccccc3)nc(-c3ccc(-c4ccc(-c5ccc6c(c5)nc(-c5ccccc5)c5c7ccccc7oc65)cc4)cc3)n2)cc1. The van der Waals surface area contributed by atoms with Crippen molar-refractivity contribution in [2.75, 3.05) is 0 Å². The van der Waals surface area contributed by atoms with Crippen molar-refractivity contribution in [1.82, 2.24) is 15.0 Å². The monoisotopic (exact) mass is 677 g/mol. The quantitative estimate of drug-likeness (QED) is 0.176. The van der Waals surface area contributed by atoms with Crippen LogP contribution in [0.1, 0.15) is 0 Å². The van der Waals surface area contributed by atoms with E-state index in [0.29, 0.717) is 5.82 Å². The van der Waals surface area contributed by atoms with E-state index in [1.54, 1.807) is 0 Å². The molecule has 0 unspecified atom stereocenters. The number of fused-ring (bicyclic) bond motifs is 5. The maximum absolute atomic E-state index is 6.48. The summed E-state index contributed by atoms with van der Waals surface area (Å²) in [6.07, 6.45) is 0.